The zero-order valence-electron chi connectivity index (χ0n) is 18.4. The maximum absolute atomic E-state index is 13.4. The van der Waals surface area contributed by atoms with Crippen molar-refractivity contribution in [2.24, 2.45) is 0 Å². The smallest absolute Gasteiger partial charge is 0.228 e. The third kappa shape index (κ3) is 5.78. The Labute approximate surface area is 199 Å². The quantitative estimate of drug-likeness (QED) is 0.463. The van der Waals surface area contributed by atoms with E-state index in [9.17, 15) is 12.8 Å². The number of thiocarbonyl (C=S) groups is 1. The van der Waals surface area contributed by atoms with Gasteiger partial charge in [0.1, 0.15) is 5.82 Å². The maximum atomic E-state index is 13.4. The number of rotatable bonds is 9. The Hall–Kier alpha value is -2.78. The van der Waals surface area contributed by atoms with Gasteiger partial charge >= 0.3 is 0 Å². The van der Waals surface area contributed by atoms with Crippen LogP contribution in [0.15, 0.2) is 66.0 Å². The van der Waals surface area contributed by atoms with E-state index in [1.165, 1.54) is 24.3 Å². The van der Waals surface area contributed by atoms with Crippen molar-refractivity contribution >= 4 is 27.2 Å². The Morgan fingerprint density at radius 2 is 1.85 bits per heavy atom. The summed E-state index contributed by atoms with van der Waals surface area (Å²) in [5.41, 5.74) is 2.27. The molecule has 1 saturated carbocycles. The van der Waals surface area contributed by atoms with E-state index in [0.29, 0.717) is 29.8 Å². The van der Waals surface area contributed by atoms with Crippen LogP contribution in [0.3, 0.4) is 0 Å². The van der Waals surface area contributed by atoms with Crippen molar-refractivity contribution in [3.63, 3.8) is 0 Å². The molecule has 174 valence electrons. The minimum atomic E-state index is -3.76. The van der Waals surface area contributed by atoms with Crippen LogP contribution in [0.1, 0.15) is 36.6 Å². The fourth-order valence-electron chi connectivity index (χ4n) is 3.75. The van der Waals surface area contributed by atoms with Gasteiger partial charge in [-0.05, 0) is 55.2 Å². The molecule has 33 heavy (non-hydrogen) atoms. The Balaban J connectivity index is 1.68. The van der Waals surface area contributed by atoms with Crippen LogP contribution in [-0.2, 0) is 28.7 Å². The number of sulfone groups is 1. The molecular formula is C24H27FN4O2S2. The number of nitrogens with one attached hydrogen (secondary N) is 1. The lowest BCUT2D eigenvalue weighted by Crippen LogP contribution is -2.41. The van der Waals surface area contributed by atoms with Crippen molar-refractivity contribution in [2.45, 2.75) is 49.8 Å². The summed E-state index contributed by atoms with van der Waals surface area (Å²) in [5, 5.41) is 3.89. The lowest BCUT2D eigenvalue weighted by Gasteiger charge is -2.26. The SMILES string of the molecule is CCNC(=S)N(Cc1cnc(S(=O)(=O)Cc2ccc(F)cc2)n1Cc1ccccc1)C1CC1. The van der Waals surface area contributed by atoms with Gasteiger partial charge in [0, 0.05) is 12.6 Å². The predicted molar refractivity (Wildman–Crippen MR) is 130 cm³/mol. The summed E-state index contributed by atoms with van der Waals surface area (Å²) in [6.45, 7) is 3.57. The average molecular weight is 487 g/mol. The first-order valence-electron chi connectivity index (χ1n) is 11.0. The van der Waals surface area contributed by atoms with Crippen molar-refractivity contribution in [2.75, 3.05) is 6.54 Å². The third-order valence-electron chi connectivity index (χ3n) is 5.54. The van der Waals surface area contributed by atoms with E-state index in [-0.39, 0.29) is 10.9 Å². The van der Waals surface area contributed by atoms with E-state index < -0.39 is 15.7 Å². The average Bonchev–Trinajstić information content (AvgIpc) is 3.55. The molecule has 0 atom stereocenters. The molecule has 0 unspecified atom stereocenters. The minimum Gasteiger partial charge on any atom is -0.363 e. The first kappa shape index (κ1) is 23.4. The van der Waals surface area contributed by atoms with Gasteiger partial charge in [-0.2, -0.15) is 0 Å². The highest BCUT2D eigenvalue weighted by Gasteiger charge is 2.32. The standard InChI is InChI=1S/C24H27FN4O2S2/c1-2-26-23(32)28(21-12-13-21)16-22-14-27-24(29(22)15-18-6-4-3-5-7-18)33(30,31)17-19-8-10-20(25)11-9-19/h3-11,14,21H,2,12-13,15-17H2,1H3,(H,26,32). The van der Waals surface area contributed by atoms with E-state index in [1.54, 1.807) is 10.8 Å². The van der Waals surface area contributed by atoms with Crippen LogP contribution in [0.4, 0.5) is 4.39 Å². The van der Waals surface area contributed by atoms with Crippen molar-refractivity contribution in [3.8, 4) is 0 Å². The number of aromatic nitrogens is 2. The molecule has 2 aromatic carbocycles. The second-order valence-electron chi connectivity index (χ2n) is 8.18. The number of imidazole rings is 1. The largest absolute Gasteiger partial charge is 0.363 e. The van der Waals surface area contributed by atoms with Gasteiger partial charge in [0.15, 0.2) is 5.11 Å². The van der Waals surface area contributed by atoms with E-state index >= 15 is 0 Å². The van der Waals surface area contributed by atoms with E-state index in [1.807, 2.05) is 37.3 Å². The van der Waals surface area contributed by atoms with Gasteiger partial charge in [-0.25, -0.2) is 17.8 Å². The lowest BCUT2D eigenvalue weighted by molar-refractivity contribution is 0.382. The van der Waals surface area contributed by atoms with Crippen LogP contribution in [0.25, 0.3) is 0 Å². The summed E-state index contributed by atoms with van der Waals surface area (Å²) < 4.78 is 41.7. The minimum absolute atomic E-state index is 0.00999. The summed E-state index contributed by atoms with van der Waals surface area (Å²) >= 11 is 5.58. The fraction of sp³-hybridized carbons (Fsp3) is 0.333. The van der Waals surface area contributed by atoms with Gasteiger partial charge in [0.05, 0.1) is 30.7 Å². The zero-order chi connectivity index (χ0) is 23.4. The molecule has 1 aromatic heterocycles. The molecule has 4 rings (SSSR count). The van der Waals surface area contributed by atoms with Gasteiger partial charge in [0.2, 0.25) is 15.0 Å². The summed E-state index contributed by atoms with van der Waals surface area (Å²) in [4.78, 5) is 6.47. The molecule has 1 aliphatic carbocycles. The Kier molecular flexibility index (Phi) is 7.09. The Bertz CT molecular complexity index is 1210. The molecule has 0 bridgehead atoms. The normalized spacial score (nSPS) is 13.6. The maximum Gasteiger partial charge on any atom is 0.228 e. The molecule has 0 amide bonds. The molecular weight excluding hydrogens is 459 g/mol. The van der Waals surface area contributed by atoms with Crippen LogP contribution in [0.5, 0.6) is 0 Å². The van der Waals surface area contributed by atoms with E-state index in [0.717, 1.165) is 30.6 Å². The number of benzene rings is 2. The number of hydrogen-bond donors (Lipinski definition) is 1. The lowest BCUT2D eigenvalue weighted by atomic mass is 10.2. The molecule has 3 aromatic rings. The van der Waals surface area contributed by atoms with Gasteiger partial charge in [-0.15, -0.1) is 0 Å². The summed E-state index contributed by atoms with van der Waals surface area (Å²) in [7, 11) is -3.76. The van der Waals surface area contributed by atoms with Crippen LogP contribution < -0.4 is 5.32 Å². The summed E-state index contributed by atoms with van der Waals surface area (Å²) in [6.07, 6.45) is 3.76. The van der Waals surface area contributed by atoms with Crippen LogP contribution in [0.2, 0.25) is 0 Å². The first-order valence-corrected chi connectivity index (χ1v) is 13.0. The Morgan fingerprint density at radius 3 is 2.48 bits per heavy atom. The molecule has 0 spiro atoms. The topological polar surface area (TPSA) is 67.2 Å². The third-order valence-corrected chi connectivity index (χ3v) is 7.52. The van der Waals surface area contributed by atoms with Gasteiger partial charge in [-0.1, -0.05) is 42.5 Å². The summed E-state index contributed by atoms with van der Waals surface area (Å²) in [6, 6.07) is 15.6. The molecule has 0 aliphatic heterocycles. The Morgan fingerprint density at radius 1 is 1.15 bits per heavy atom. The van der Waals surface area contributed by atoms with E-state index in [2.05, 4.69) is 15.2 Å². The van der Waals surface area contributed by atoms with Crippen molar-refractivity contribution in [1.29, 1.82) is 0 Å². The molecule has 6 nitrogen and oxygen atoms in total. The molecule has 9 heteroatoms. The second kappa shape index (κ2) is 10.0. The highest BCUT2D eigenvalue weighted by molar-refractivity contribution is 7.90. The number of halogens is 1. The van der Waals surface area contributed by atoms with Gasteiger partial charge in [0.25, 0.3) is 0 Å². The zero-order valence-corrected chi connectivity index (χ0v) is 20.1. The van der Waals surface area contributed by atoms with Gasteiger partial charge < -0.3 is 14.8 Å². The van der Waals surface area contributed by atoms with Crippen LogP contribution >= 0.6 is 12.2 Å². The highest BCUT2D eigenvalue weighted by Crippen LogP contribution is 2.29. The molecule has 0 saturated heterocycles. The molecule has 1 N–H and O–H groups in total. The molecule has 1 fully saturated rings. The fourth-order valence-corrected chi connectivity index (χ4v) is 5.60. The monoisotopic (exact) mass is 486 g/mol. The second-order valence-corrected chi connectivity index (χ2v) is 10.5. The molecule has 1 heterocycles. The van der Waals surface area contributed by atoms with Crippen molar-refractivity contribution < 1.29 is 12.8 Å². The van der Waals surface area contributed by atoms with E-state index in [4.69, 9.17) is 12.2 Å². The molecule has 1 aliphatic rings. The van der Waals surface area contributed by atoms with Gasteiger partial charge in [-0.3, -0.25) is 0 Å². The summed E-state index contributed by atoms with van der Waals surface area (Å²) in [5.74, 6) is -0.651. The number of nitrogens with zero attached hydrogens (tertiary/aromatic N) is 3. The highest BCUT2D eigenvalue weighted by atomic mass is 32.2. The number of hydrogen-bond acceptors (Lipinski definition) is 4. The van der Waals surface area contributed by atoms with Crippen LogP contribution in [0, 0.1) is 5.82 Å². The predicted octanol–water partition coefficient (Wildman–Crippen LogP) is 3.90. The van der Waals surface area contributed by atoms with Crippen molar-refractivity contribution in [3.05, 3.63) is 83.4 Å². The first-order chi connectivity index (χ1) is 15.9. The van der Waals surface area contributed by atoms with Crippen LogP contribution in [-0.4, -0.2) is 40.6 Å². The molecule has 0 radical (unpaired) electrons. The van der Waals surface area contributed by atoms with Crippen molar-refractivity contribution in [1.82, 2.24) is 19.8 Å².